The number of aliphatic carboxylic acids is 5. The van der Waals surface area contributed by atoms with Crippen LogP contribution in [0.2, 0.25) is 0 Å². The number of carboxylic acids is 5. The number of hydrogen-bond acceptors (Lipinski definition) is 8. The molecule has 1 rings (SSSR count). The summed E-state index contributed by atoms with van der Waals surface area (Å²) in [6.07, 6.45) is 0. The van der Waals surface area contributed by atoms with E-state index in [1.54, 1.807) is 24.3 Å². The normalized spacial score (nSPS) is 11.4. The molecular formula is C23H32IN4O11+. The van der Waals surface area contributed by atoms with Crippen LogP contribution >= 0.6 is 22.6 Å². The second kappa shape index (κ2) is 16.6. The smallest absolute Gasteiger partial charge is 0.359 e. The first-order valence-electron chi connectivity index (χ1n) is 11.6. The van der Waals surface area contributed by atoms with E-state index in [-0.39, 0.29) is 43.1 Å². The van der Waals surface area contributed by atoms with Crippen molar-refractivity contribution < 1.29 is 58.8 Å². The molecule has 0 saturated carbocycles. The maximum atomic E-state index is 11.8. The van der Waals surface area contributed by atoms with E-state index in [4.69, 9.17) is 10.2 Å². The van der Waals surface area contributed by atoms with Crippen LogP contribution in [0.15, 0.2) is 24.3 Å². The zero-order valence-corrected chi connectivity index (χ0v) is 23.2. The number of amides is 1. The minimum Gasteiger partial charge on any atom is -0.480 e. The number of carbonyl (C=O) groups excluding carboxylic acids is 1. The second-order valence-electron chi connectivity index (χ2n) is 8.87. The Morgan fingerprint density at radius 1 is 0.692 bits per heavy atom. The van der Waals surface area contributed by atoms with E-state index >= 15 is 0 Å². The summed E-state index contributed by atoms with van der Waals surface area (Å²) < 4.78 is -0.220. The third kappa shape index (κ3) is 14.4. The summed E-state index contributed by atoms with van der Waals surface area (Å²) in [4.78, 5) is 71.2. The van der Waals surface area contributed by atoms with Crippen molar-refractivity contribution in [3.8, 4) is 0 Å². The van der Waals surface area contributed by atoms with Gasteiger partial charge in [-0.3, -0.25) is 29.0 Å². The van der Waals surface area contributed by atoms with Crippen LogP contribution in [-0.2, 0) is 35.3 Å². The first kappa shape index (κ1) is 33.7. The van der Waals surface area contributed by atoms with Crippen molar-refractivity contribution in [3.63, 3.8) is 0 Å². The highest BCUT2D eigenvalue weighted by molar-refractivity contribution is 14.1. The number of hydrogen-bond donors (Lipinski definition) is 6. The summed E-state index contributed by atoms with van der Waals surface area (Å²) in [5.74, 6) is -6.49. The molecule has 6 N–H and O–H groups in total. The first-order chi connectivity index (χ1) is 18.2. The number of quaternary nitrogens is 1. The van der Waals surface area contributed by atoms with Gasteiger partial charge in [0.05, 0.1) is 30.6 Å². The van der Waals surface area contributed by atoms with Gasteiger partial charge < -0.3 is 35.3 Å². The quantitative estimate of drug-likeness (QED) is 0.0582. The van der Waals surface area contributed by atoms with Gasteiger partial charge in [-0.15, -0.1) is 0 Å². The highest BCUT2D eigenvalue weighted by Crippen LogP contribution is 2.18. The molecule has 0 atom stereocenters. The summed E-state index contributed by atoms with van der Waals surface area (Å²) in [5, 5.41) is 49.2. The first-order valence-corrected chi connectivity index (χ1v) is 13.1. The molecule has 0 aromatic heterocycles. The molecule has 39 heavy (non-hydrogen) atoms. The number of nitrogens with one attached hydrogen (secondary N) is 1. The maximum Gasteiger partial charge on any atom is 0.359 e. The molecule has 0 aliphatic rings. The Labute approximate surface area is 237 Å². The van der Waals surface area contributed by atoms with E-state index in [1.165, 1.54) is 4.90 Å². The number of anilines is 1. The fraction of sp³-hybridized carbons (Fsp3) is 0.478. The van der Waals surface area contributed by atoms with Crippen LogP contribution in [0.5, 0.6) is 0 Å². The van der Waals surface area contributed by atoms with E-state index in [1.807, 2.05) is 22.6 Å². The molecule has 0 radical (unpaired) electrons. The van der Waals surface area contributed by atoms with Gasteiger partial charge in [-0.2, -0.15) is 0 Å². The summed E-state index contributed by atoms with van der Waals surface area (Å²) in [6, 6.07) is 6.46. The third-order valence-electron chi connectivity index (χ3n) is 5.52. The predicted molar refractivity (Wildman–Crippen MR) is 144 cm³/mol. The maximum absolute atomic E-state index is 11.8. The highest BCUT2D eigenvalue weighted by atomic mass is 127. The Bertz CT molecular complexity index is 1000. The zero-order valence-electron chi connectivity index (χ0n) is 21.0. The van der Waals surface area contributed by atoms with Crippen LogP contribution in [0.1, 0.15) is 5.56 Å². The van der Waals surface area contributed by atoms with Crippen molar-refractivity contribution in [1.29, 1.82) is 0 Å². The van der Waals surface area contributed by atoms with Gasteiger partial charge in [0.25, 0.3) is 0 Å². The van der Waals surface area contributed by atoms with Crippen LogP contribution < -0.4 is 5.32 Å². The van der Waals surface area contributed by atoms with Crippen molar-refractivity contribution in [2.24, 2.45) is 0 Å². The van der Waals surface area contributed by atoms with Crippen molar-refractivity contribution in [2.75, 3.05) is 68.6 Å². The van der Waals surface area contributed by atoms with Crippen molar-refractivity contribution in [2.45, 2.75) is 6.54 Å². The van der Waals surface area contributed by atoms with E-state index in [9.17, 15) is 44.1 Å². The molecule has 0 spiro atoms. The molecule has 0 aliphatic heterocycles. The number of nitrogens with zero attached hydrogens (tertiary/aromatic N) is 3. The van der Waals surface area contributed by atoms with Crippen LogP contribution in [0.4, 0.5) is 5.69 Å². The SMILES string of the molecule is O=C(O)CN(CCN(CC(=O)O)CC(=O)O)CC[N+](CC(=O)O)(CC(=O)O)Cc1ccc(NC(=O)CI)cc1. The van der Waals surface area contributed by atoms with Crippen LogP contribution in [0.25, 0.3) is 0 Å². The molecule has 0 heterocycles. The highest BCUT2D eigenvalue weighted by Gasteiger charge is 2.34. The molecule has 1 amide bonds. The predicted octanol–water partition coefficient (Wildman–Crippen LogP) is -0.596. The Morgan fingerprint density at radius 2 is 1.15 bits per heavy atom. The van der Waals surface area contributed by atoms with Gasteiger partial charge in [0.2, 0.25) is 5.91 Å². The lowest BCUT2D eigenvalue weighted by Crippen LogP contribution is -2.57. The largest absolute Gasteiger partial charge is 0.480 e. The fourth-order valence-electron chi connectivity index (χ4n) is 3.95. The summed E-state index contributed by atoms with van der Waals surface area (Å²) >= 11 is 1.91. The molecule has 0 aliphatic carbocycles. The number of benzene rings is 1. The number of carboxylic acid groups (broad SMARTS) is 5. The Morgan fingerprint density at radius 3 is 1.59 bits per heavy atom. The molecule has 0 saturated heterocycles. The Balaban J connectivity index is 3.16. The van der Waals surface area contributed by atoms with Gasteiger partial charge in [0.1, 0.15) is 6.54 Å². The van der Waals surface area contributed by atoms with Crippen LogP contribution in [0.3, 0.4) is 0 Å². The van der Waals surface area contributed by atoms with Crippen LogP contribution in [-0.4, -0.2) is 139 Å². The molecule has 16 heteroatoms. The average Bonchev–Trinajstić information content (AvgIpc) is 2.80. The molecule has 15 nitrogen and oxygen atoms in total. The van der Waals surface area contributed by atoms with Crippen molar-refractivity contribution in [3.05, 3.63) is 29.8 Å². The Kier molecular flexibility index (Phi) is 14.3. The van der Waals surface area contributed by atoms with Gasteiger partial charge in [-0.1, -0.05) is 34.7 Å². The van der Waals surface area contributed by atoms with Gasteiger partial charge >= 0.3 is 29.8 Å². The Hall–Kier alpha value is -3.35. The molecule has 0 unspecified atom stereocenters. The number of alkyl halides is 1. The zero-order chi connectivity index (χ0) is 29.6. The molecule has 0 fully saturated rings. The van der Waals surface area contributed by atoms with Crippen molar-refractivity contribution >= 4 is 64.0 Å². The minimum absolute atomic E-state index is 0.0236. The standard InChI is InChI=1S/C23H31IN4O11/c24-9-18(29)25-17-3-1-16(2-4-17)13-28(14-22(36)37,15-23(38)39)8-7-26(10-19(30)31)5-6-27(11-20(32)33)12-21(34)35/h1-4H,5-15H2,(H5-,25,29,30,31,32,33,34,35,36,37,38,39)/p+1. The fourth-order valence-corrected chi connectivity index (χ4v) is 4.14. The lowest BCUT2D eigenvalue weighted by molar-refractivity contribution is -0.927. The number of halogens is 1. The molecule has 216 valence electrons. The number of carbonyl (C=O) groups is 6. The molecule has 0 bridgehead atoms. The average molecular weight is 667 g/mol. The summed E-state index contributed by atoms with van der Waals surface area (Å²) in [7, 11) is 0. The van der Waals surface area contributed by atoms with E-state index in [0.717, 1.165) is 4.90 Å². The lowest BCUT2D eigenvalue weighted by atomic mass is 10.1. The van der Waals surface area contributed by atoms with E-state index in [0.29, 0.717) is 11.3 Å². The van der Waals surface area contributed by atoms with Gasteiger partial charge in [-0.25, -0.2) is 9.59 Å². The lowest BCUT2D eigenvalue weighted by Gasteiger charge is -2.37. The van der Waals surface area contributed by atoms with Crippen molar-refractivity contribution in [1.82, 2.24) is 9.80 Å². The molecule has 1 aromatic rings. The molecule has 1 aromatic carbocycles. The monoisotopic (exact) mass is 667 g/mol. The number of rotatable bonds is 20. The van der Waals surface area contributed by atoms with E-state index in [2.05, 4.69) is 5.32 Å². The molecular weight excluding hydrogens is 635 g/mol. The minimum atomic E-state index is -1.26. The third-order valence-corrected chi connectivity index (χ3v) is 6.21. The second-order valence-corrected chi connectivity index (χ2v) is 9.64. The topological polar surface area (TPSA) is 222 Å². The van der Waals surface area contributed by atoms with Gasteiger partial charge in [-0.05, 0) is 12.1 Å². The van der Waals surface area contributed by atoms with E-state index < -0.39 is 67.1 Å². The van der Waals surface area contributed by atoms with Gasteiger partial charge in [0.15, 0.2) is 13.1 Å². The van der Waals surface area contributed by atoms with Gasteiger partial charge in [0, 0.05) is 30.9 Å². The summed E-state index contributed by atoms with van der Waals surface area (Å²) in [5.41, 5.74) is 1.10. The van der Waals surface area contributed by atoms with Crippen LogP contribution in [0, 0.1) is 0 Å². The summed E-state index contributed by atoms with van der Waals surface area (Å²) in [6.45, 7) is -3.17.